The predicted molar refractivity (Wildman–Crippen MR) is 116 cm³/mol. The summed E-state index contributed by atoms with van der Waals surface area (Å²) in [5, 5.41) is 9.90. The summed E-state index contributed by atoms with van der Waals surface area (Å²) >= 11 is 1.32. The molecule has 0 aliphatic carbocycles. The number of fused-ring (bicyclic) bond motifs is 2. The molecule has 1 atom stereocenters. The van der Waals surface area contributed by atoms with Gasteiger partial charge in [-0.3, -0.25) is 14.5 Å². The topological polar surface area (TPSA) is 76.3 Å². The number of carbonyl (C=O) groups is 1. The minimum atomic E-state index is -0.609. The molecule has 0 fully saturated rings. The van der Waals surface area contributed by atoms with Crippen LogP contribution in [0.3, 0.4) is 0 Å². The number of benzene rings is 2. The largest absolute Gasteiger partial charge is 0.450 e. The highest BCUT2D eigenvalue weighted by atomic mass is 32.1. The van der Waals surface area contributed by atoms with Gasteiger partial charge in [-0.25, -0.2) is 0 Å². The van der Waals surface area contributed by atoms with E-state index in [1.165, 1.54) is 21.8 Å². The third-order valence-electron chi connectivity index (χ3n) is 5.42. The van der Waals surface area contributed by atoms with E-state index in [-0.39, 0.29) is 17.1 Å². The molecule has 1 aliphatic rings. The standard InChI is InChI=1S/C23H19N3O3S/c1-12(2)14-8-10-15(11-9-14)19-18-20(27)16-6-4-5-7-17(16)29-21(18)22(28)26(19)23-25-24-13(3)30-23/h4-12,19H,1-3H3. The van der Waals surface area contributed by atoms with Crippen molar-refractivity contribution >= 4 is 33.3 Å². The van der Waals surface area contributed by atoms with Gasteiger partial charge in [-0.15, -0.1) is 10.2 Å². The Morgan fingerprint density at radius 1 is 1.03 bits per heavy atom. The molecule has 0 bridgehead atoms. The van der Waals surface area contributed by atoms with Crippen molar-refractivity contribution in [3.63, 3.8) is 0 Å². The highest BCUT2D eigenvalue weighted by molar-refractivity contribution is 7.15. The van der Waals surface area contributed by atoms with Crippen molar-refractivity contribution in [1.82, 2.24) is 10.2 Å². The van der Waals surface area contributed by atoms with Crippen LogP contribution in [-0.4, -0.2) is 16.1 Å². The lowest BCUT2D eigenvalue weighted by atomic mass is 9.95. The van der Waals surface area contributed by atoms with Gasteiger partial charge in [0.2, 0.25) is 10.9 Å². The van der Waals surface area contributed by atoms with Gasteiger partial charge in [0.15, 0.2) is 5.43 Å². The first-order valence-electron chi connectivity index (χ1n) is 9.75. The van der Waals surface area contributed by atoms with Gasteiger partial charge < -0.3 is 4.42 Å². The Balaban J connectivity index is 1.77. The predicted octanol–water partition coefficient (Wildman–Crippen LogP) is 4.83. The maximum Gasteiger partial charge on any atom is 0.297 e. The molecule has 150 valence electrons. The Labute approximate surface area is 176 Å². The molecule has 0 radical (unpaired) electrons. The maximum absolute atomic E-state index is 13.4. The fraction of sp³-hybridized carbons (Fsp3) is 0.217. The fourth-order valence-electron chi connectivity index (χ4n) is 3.88. The van der Waals surface area contributed by atoms with Crippen LogP contribution in [0.4, 0.5) is 5.13 Å². The van der Waals surface area contributed by atoms with Gasteiger partial charge in [0, 0.05) is 0 Å². The number of hydrogen-bond acceptors (Lipinski definition) is 6. The summed E-state index contributed by atoms with van der Waals surface area (Å²) in [6.45, 7) is 6.08. The molecule has 30 heavy (non-hydrogen) atoms. The molecule has 3 heterocycles. The Hall–Kier alpha value is -3.32. The number of anilines is 1. The minimum absolute atomic E-state index is 0.0736. The van der Waals surface area contributed by atoms with Crippen LogP contribution in [0, 0.1) is 6.92 Å². The normalized spacial score (nSPS) is 15.9. The molecule has 2 aromatic heterocycles. The van der Waals surface area contributed by atoms with Gasteiger partial charge in [0.25, 0.3) is 5.91 Å². The average Bonchev–Trinajstić information content (AvgIpc) is 3.29. The molecule has 6 nitrogen and oxygen atoms in total. The lowest BCUT2D eigenvalue weighted by molar-refractivity contribution is 0.0970. The molecule has 0 saturated carbocycles. The third kappa shape index (κ3) is 2.77. The SMILES string of the molecule is Cc1nnc(N2C(=O)c3oc4ccccc4c(=O)c3C2c2ccc(C(C)C)cc2)s1. The van der Waals surface area contributed by atoms with Crippen LogP contribution in [-0.2, 0) is 0 Å². The summed E-state index contributed by atoms with van der Waals surface area (Å²) in [5.74, 6) is 0.0823. The van der Waals surface area contributed by atoms with Gasteiger partial charge >= 0.3 is 0 Å². The van der Waals surface area contributed by atoms with Crippen LogP contribution in [0.25, 0.3) is 11.0 Å². The molecule has 4 aromatic rings. The number of rotatable bonds is 3. The van der Waals surface area contributed by atoms with Crippen molar-refractivity contribution in [2.24, 2.45) is 0 Å². The Bertz CT molecular complexity index is 1340. The molecule has 7 heteroatoms. The Kier molecular flexibility index (Phi) is 4.29. The van der Waals surface area contributed by atoms with Gasteiger partial charge in [0.05, 0.1) is 17.0 Å². The number of aromatic nitrogens is 2. The van der Waals surface area contributed by atoms with E-state index in [1.54, 1.807) is 24.3 Å². The maximum atomic E-state index is 13.4. The summed E-state index contributed by atoms with van der Waals surface area (Å²) in [6, 6.07) is 14.4. The monoisotopic (exact) mass is 417 g/mol. The molecule has 0 N–H and O–H groups in total. The van der Waals surface area contributed by atoms with Crippen molar-refractivity contribution in [2.45, 2.75) is 32.7 Å². The molecule has 2 aromatic carbocycles. The molecular formula is C23H19N3O3S. The van der Waals surface area contributed by atoms with E-state index in [4.69, 9.17) is 4.42 Å². The van der Waals surface area contributed by atoms with Gasteiger partial charge in [-0.1, -0.05) is 61.6 Å². The van der Waals surface area contributed by atoms with Crippen LogP contribution < -0.4 is 10.3 Å². The summed E-state index contributed by atoms with van der Waals surface area (Å²) in [6.07, 6.45) is 0. The van der Waals surface area contributed by atoms with E-state index in [9.17, 15) is 9.59 Å². The van der Waals surface area contributed by atoms with Gasteiger partial charge in [0.1, 0.15) is 10.6 Å². The second-order valence-corrected chi connectivity index (χ2v) is 8.83. The number of nitrogens with zero attached hydrogens (tertiary/aromatic N) is 3. The van der Waals surface area contributed by atoms with E-state index in [2.05, 4.69) is 24.0 Å². The second kappa shape index (κ2) is 6.88. The average molecular weight is 417 g/mol. The molecule has 1 amide bonds. The van der Waals surface area contributed by atoms with E-state index < -0.39 is 6.04 Å². The van der Waals surface area contributed by atoms with Crippen LogP contribution in [0.15, 0.2) is 57.7 Å². The van der Waals surface area contributed by atoms with E-state index in [0.29, 0.717) is 27.6 Å². The molecular weight excluding hydrogens is 398 g/mol. The molecule has 0 saturated heterocycles. The smallest absolute Gasteiger partial charge is 0.297 e. The van der Waals surface area contributed by atoms with Crippen molar-refractivity contribution in [3.05, 3.63) is 86.2 Å². The summed E-state index contributed by atoms with van der Waals surface area (Å²) in [4.78, 5) is 28.4. The van der Waals surface area contributed by atoms with Crippen LogP contribution >= 0.6 is 11.3 Å². The van der Waals surface area contributed by atoms with Crippen molar-refractivity contribution in [2.75, 3.05) is 4.90 Å². The number of carbonyl (C=O) groups excluding carboxylic acids is 1. The van der Waals surface area contributed by atoms with Gasteiger partial charge in [-0.05, 0) is 36.1 Å². The molecule has 0 spiro atoms. The van der Waals surface area contributed by atoms with E-state index in [0.717, 1.165) is 10.6 Å². The molecule has 1 aliphatic heterocycles. The Morgan fingerprint density at radius 3 is 2.43 bits per heavy atom. The van der Waals surface area contributed by atoms with Gasteiger partial charge in [-0.2, -0.15) is 0 Å². The second-order valence-electron chi connectivity index (χ2n) is 7.67. The first kappa shape index (κ1) is 18.7. The van der Waals surface area contributed by atoms with Crippen molar-refractivity contribution in [3.8, 4) is 0 Å². The molecule has 5 rings (SSSR count). The van der Waals surface area contributed by atoms with Crippen LogP contribution in [0.5, 0.6) is 0 Å². The summed E-state index contributed by atoms with van der Waals surface area (Å²) in [5.41, 5.74) is 2.58. The zero-order valence-corrected chi connectivity index (χ0v) is 17.6. The fourth-order valence-corrected chi connectivity index (χ4v) is 4.59. The number of hydrogen-bond donors (Lipinski definition) is 0. The summed E-state index contributed by atoms with van der Waals surface area (Å²) in [7, 11) is 0. The lowest BCUT2D eigenvalue weighted by Crippen LogP contribution is -2.29. The highest BCUT2D eigenvalue weighted by Gasteiger charge is 2.45. The number of amides is 1. The quantitative estimate of drug-likeness (QED) is 0.477. The van der Waals surface area contributed by atoms with E-state index >= 15 is 0 Å². The van der Waals surface area contributed by atoms with Crippen LogP contribution in [0.2, 0.25) is 0 Å². The Morgan fingerprint density at radius 2 is 1.77 bits per heavy atom. The number of aryl methyl sites for hydroxylation is 1. The zero-order valence-electron chi connectivity index (χ0n) is 16.7. The van der Waals surface area contributed by atoms with Crippen molar-refractivity contribution in [1.29, 1.82) is 0 Å². The highest BCUT2D eigenvalue weighted by Crippen LogP contribution is 2.42. The third-order valence-corrected chi connectivity index (χ3v) is 6.26. The lowest BCUT2D eigenvalue weighted by Gasteiger charge is -2.22. The van der Waals surface area contributed by atoms with Crippen molar-refractivity contribution < 1.29 is 9.21 Å². The zero-order chi connectivity index (χ0) is 21.0. The number of para-hydroxylation sites is 1. The minimum Gasteiger partial charge on any atom is -0.450 e. The van der Waals surface area contributed by atoms with Crippen LogP contribution in [0.1, 0.15) is 58.1 Å². The first-order chi connectivity index (χ1) is 14.5. The first-order valence-corrected chi connectivity index (χ1v) is 10.6. The van der Waals surface area contributed by atoms with E-state index in [1.807, 2.05) is 31.2 Å². The summed E-state index contributed by atoms with van der Waals surface area (Å²) < 4.78 is 5.93. The molecule has 1 unspecified atom stereocenters.